The standard InChI is InChI=1S/C19H18O7S/c1-4-23-15-7-5-6-8-16(15)25-19-12(2)24-17-11-13(26-27(3,21)22)9-10-14(17)18(19)20/h5-11H,4H2,1-3H3. The third kappa shape index (κ3) is 4.22. The molecule has 1 aromatic heterocycles. The van der Waals surface area contributed by atoms with Crippen molar-refractivity contribution in [3.05, 3.63) is 58.4 Å². The predicted octanol–water partition coefficient (Wildman–Crippen LogP) is 3.63. The summed E-state index contributed by atoms with van der Waals surface area (Å²) in [6, 6.07) is 11.2. The molecule has 0 bridgehead atoms. The van der Waals surface area contributed by atoms with Gasteiger partial charge in [0.05, 0.1) is 18.2 Å². The van der Waals surface area contributed by atoms with Crippen molar-refractivity contribution in [2.45, 2.75) is 13.8 Å². The van der Waals surface area contributed by atoms with Gasteiger partial charge in [-0.1, -0.05) is 12.1 Å². The zero-order chi connectivity index (χ0) is 19.6. The molecule has 0 N–H and O–H groups in total. The summed E-state index contributed by atoms with van der Waals surface area (Å²) >= 11 is 0. The maximum absolute atomic E-state index is 12.8. The Kier molecular flexibility index (Phi) is 5.09. The van der Waals surface area contributed by atoms with Crippen molar-refractivity contribution in [1.82, 2.24) is 0 Å². The lowest BCUT2D eigenvalue weighted by Gasteiger charge is -2.12. The Labute approximate surface area is 156 Å². The molecule has 0 atom stereocenters. The van der Waals surface area contributed by atoms with Crippen molar-refractivity contribution in [2.75, 3.05) is 12.9 Å². The molecule has 8 heteroatoms. The summed E-state index contributed by atoms with van der Waals surface area (Å²) in [5.74, 6) is 1.24. The molecule has 0 aliphatic heterocycles. The molecule has 0 fully saturated rings. The van der Waals surface area contributed by atoms with Gasteiger partial charge in [-0.25, -0.2) is 0 Å². The van der Waals surface area contributed by atoms with Gasteiger partial charge in [-0.15, -0.1) is 0 Å². The zero-order valence-corrected chi connectivity index (χ0v) is 15.8. The van der Waals surface area contributed by atoms with Crippen LogP contribution < -0.4 is 19.1 Å². The van der Waals surface area contributed by atoms with E-state index in [0.29, 0.717) is 18.1 Å². The van der Waals surface area contributed by atoms with Crippen LogP contribution >= 0.6 is 0 Å². The van der Waals surface area contributed by atoms with Gasteiger partial charge in [0.15, 0.2) is 11.5 Å². The highest BCUT2D eigenvalue weighted by atomic mass is 32.2. The maximum atomic E-state index is 12.8. The molecular weight excluding hydrogens is 372 g/mol. The Morgan fingerprint density at radius 3 is 2.44 bits per heavy atom. The van der Waals surface area contributed by atoms with Gasteiger partial charge in [-0.3, -0.25) is 4.79 Å². The molecule has 0 radical (unpaired) electrons. The number of aryl methyl sites for hydroxylation is 1. The van der Waals surface area contributed by atoms with Gasteiger partial charge in [-0.2, -0.15) is 8.42 Å². The van der Waals surface area contributed by atoms with Crippen LogP contribution in [0, 0.1) is 6.92 Å². The topological polar surface area (TPSA) is 92.0 Å². The molecule has 2 aromatic carbocycles. The van der Waals surface area contributed by atoms with Crippen molar-refractivity contribution < 1.29 is 26.5 Å². The van der Waals surface area contributed by atoms with Crippen molar-refractivity contribution in [3.63, 3.8) is 0 Å². The molecule has 27 heavy (non-hydrogen) atoms. The van der Waals surface area contributed by atoms with E-state index in [1.54, 1.807) is 31.2 Å². The fourth-order valence-corrected chi connectivity index (χ4v) is 2.99. The number of rotatable bonds is 6. The van der Waals surface area contributed by atoms with E-state index in [4.69, 9.17) is 18.1 Å². The normalized spacial score (nSPS) is 11.4. The summed E-state index contributed by atoms with van der Waals surface area (Å²) in [6.07, 6.45) is 0.936. The molecule has 0 aliphatic carbocycles. The Morgan fingerprint density at radius 2 is 1.78 bits per heavy atom. The SMILES string of the molecule is CCOc1ccccc1Oc1c(C)oc2cc(OS(C)(=O)=O)ccc2c1=O. The van der Waals surface area contributed by atoms with Gasteiger partial charge in [0.2, 0.25) is 11.2 Å². The third-order valence-electron chi connectivity index (χ3n) is 3.60. The lowest BCUT2D eigenvalue weighted by Crippen LogP contribution is -2.09. The largest absolute Gasteiger partial charge is 0.490 e. The predicted molar refractivity (Wildman–Crippen MR) is 100 cm³/mol. The quantitative estimate of drug-likeness (QED) is 0.593. The van der Waals surface area contributed by atoms with Gasteiger partial charge in [-0.05, 0) is 38.1 Å². The first-order valence-electron chi connectivity index (χ1n) is 8.15. The van der Waals surface area contributed by atoms with Gasteiger partial charge < -0.3 is 18.1 Å². The molecular formula is C19H18O7S. The summed E-state index contributed by atoms with van der Waals surface area (Å²) in [7, 11) is -3.68. The van der Waals surface area contributed by atoms with Crippen molar-refractivity contribution in [1.29, 1.82) is 0 Å². The van der Waals surface area contributed by atoms with E-state index >= 15 is 0 Å². The van der Waals surface area contributed by atoms with Crippen molar-refractivity contribution in [2.24, 2.45) is 0 Å². The highest BCUT2D eigenvalue weighted by Gasteiger charge is 2.17. The minimum absolute atomic E-state index is 0.0337. The van der Waals surface area contributed by atoms with Crippen LogP contribution in [0.15, 0.2) is 51.7 Å². The summed E-state index contributed by atoms with van der Waals surface area (Å²) < 4.78 is 44.3. The molecule has 0 amide bonds. The van der Waals surface area contributed by atoms with E-state index in [2.05, 4.69) is 0 Å². The van der Waals surface area contributed by atoms with Gasteiger partial charge in [0, 0.05) is 6.07 Å². The van der Waals surface area contributed by atoms with Crippen LogP contribution in [-0.2, 0) is 10.1 Å². The smallest absolute Gasteiger partial charge is 0.306 e. The number of benzene rings is 2. The first-order valence-corrected chi connectivity index (χ1v) is 9.96. The fraction of sp³-hybridized carbons (Fsp3) is 0.211. The summed E-state index contributed by atoms with van der Waals surface area (Å²) in [5.41, 5.74) is -0.185. The molecule has 0 aliphatic rings. The van der Waals surface area contributed by atoms with Gasteiger partial charge >= 0.3 is 10.1 Å². The average Bonchev–Trinajstić information content (AvgIpc) is 2.58. The third-order valence-corrected chi connectivity index (χ3v) is 4.09. The number of para-hydroxylation sites is 2. The monoisotopic (exact) mass is 390 g/mol. The molecule has 3 rings (SSSR count). The van der Waals surface area contributed by atoms with E-state index < -0.39 is 10.1 Å². The van der Waals surface area contributed by atoms with Crippen molar-refractivity contribution in [3.8, 4) is 23.0 Å². The Balaban J connectivity index is 2.05. The van der Waals surface area contributed by atoms with Crippen LogP contribution in [0.25, 0.3) is 11.0 Å². The van der Waals surface area contributed by atoms with E-state index in [-0.39, 0.29) is 33.7 Å². The number of hydrogen-bond donors (Lipinski definition) is 0. The van der Waals surface area contributed by atoms with E-state index in [0.717, 1.165) is 6.26 Å². The molecule has 0 spiro atoms. The number of ether oxygens (including phenoxy) is 2. The second-order valence-electron chi connectivity index (χ2n) is 5.74. The zero-order valence-electron chi connectivity index (χ0n) is 15.0. The molecule has 7 nitrogen and oxygen atoms in total. The lowest BCUT2D eigenvalue weighted by molar-refractivity contribution is 0.318. The van der Waals surface area contributed by atoms with Gasteiger partial charge in [0.25, 0.3) is 0 Å². The number of fused-ring (bicyclic) bond motifs is 1. The van der Waals surface area contributed by atoms with Crippen LogP contribution in [0.3, 0.4) is 0 Å². The molecule has 0 saturated carbocycles. The first-order chi connectivity index (χ1) is 12.8. The molecule has 142 valence electrons. The summed E-state index contributed by atoms with van der Waals surface area (Å²) in [6.45, 7) is 3.89. The minimum atomic E-state index is -3.68. The van der Waals surface area contributed by atoms with Crippen LogP contribution in [0.5, 0.6) is 23.0 Å². The van der Waals surface area contributed by atoms with Crippen LogP contribution in [-0.4, -0.2) is 21.3 Å². The first kappa shape index (κ1) is 18.8. The second-order valence-corrected chi connectivity index (χ2v) is 7.32. The van der Waals surface area contributed by atoms with Gasteiger partial charge in [0.1, 0.15) is 17.1 Å². The Morgan fingerprint density at radius 1 is 1.07 bits per heavy atom. The summed E-state index contributed by atoms with van der Waals surface area (Å²) in [4.78, 5) is 12.8. The van der Waals surface area contributed by atoms with Crippen LogP contribution in [0.4, 0.5) is 0 Å². The summed E-state index contributed by atoms with van der Waals surface area (Å²) in [5, 5.41) is 0.241. The van der Waals surface area contributed by atoms with Crippen LogP contribution in [0.2, 0.25) is 0 Å². The van der Waals surface area contributed by atoms with E-state index in [1.807, 2.05) is 6.92 Å². The van der Waals surface area contributed by atoms with E-state index in [1.165, 1.54) is 18.2 Å². The Hall–Kier alpha value is -3.00. The number of hydrogen-bond acceptors (Lipinski definition) is 7. The molecule has 1 heterocycles. The minimum Gasteiger partial charge on any atom is -0.490 e. The second kappa shape index (κ2) is 7.32. The molecule has 0 saturated heterocycles. The molecule has 0 unspecified atom stereocenters. The van der Waals surface area contributed by atoms with Crippen molar-refractivity contribution >= 4 is 21.1 Å². The maximum Gasteiger partial charge on any atom is 0.306 e. The highest BCUT2D eigenvalue weighted by molar-refractivity contribution is 7.86. The lowest BCUT2D eigenvalue weighted by atomic mass is 10.2. The highest BCUT2D eigenvalue weighted by Crippen LogP contribution is 2.33. The Bertz CT molecular complexity index is 1150. The van der Waals surface area contributed by atoms with E-state index in [9.17, 15) is 13.2 Å². The molecule has 3 aromatic rings. The average molecular weight is 390 g/mol. The fourth-order valence-electron chi connectivity index (χ4n) is 2.53. The van der Waals surface area contributed by atoms with Crippen LogP contribution in [0.1, 0.15) is 12.7 Å².